The Kier molecular flexibility index (Phi) is 6.36. The average molecular weight is 473 g/mol. The van der Waals surface area contributed by atoms with E-state index in [0.29, 0.717) is 17.7 Å². The van der Waals surface area contributed by atoms with Gasteiger partial charge in [0.1, 0.15) is 11.5 Å². The van der Waals surface area contributed by atoms with E-state index >= 15 is 0 Å². The fourth-order valence-electron chi connectivity index (χ4n) is 5.22. The van der Waals surface area contributed by atoms with Crippen LogP contribution in [0.3, 0.4) is 0 Å². The summed E-state index contributed by atoms with van der Waals surface area (Å²) in [6.07, 6.45) is 6.41. The summed E-state index contributed by atoms with van der Waals surface area (Å²) in [6.45, 7) is 12.0. The lowest BCUT2D eigenvalue weighted by Gasteiger charge is -2.31. The molecule has 7 heteroatoms. The first-order chi connectivity index (χ1) is 16.9. The van der Waals surface area contributed by atoms with E-state index in [1.807, 2.05) is 30.5 Å². The predicted octanol–water partition coefficient (Wildman–Crippen LogP) is 6.39. The number of halogens is 1. The van der Waals surface area contributed by atoms with Crippen LogP contribution in [0.1, 0.15) is 64.0 Å². The number of anilines is 2. The monoisotopic (exact) mass is 472 g/mol. The van der Waals surface area contributed by atoms with Gasteiger partial charge in [-0.25, -0.2) is 19.3 Å². The average Bonchev–Trinajstić information content (AvgIpc) is 3.15. The molecule has 2 aromatic heterocycles. The summed E-state index contributed by atoms with van der Waals surface area (Å²) < 4.78 is 14.8. The van der Waals surface area contributed by atoms with Gasteiger partial charge in [-0.1, -0.05) is 32.9 Å². The number of aliphatic imine (C=N–C) groups is 1. The molecule has 4 heterocycles. The molecule has 0 bridgehead atoms. The Morgan fingerprint density at radius 1 is 1.09 bits per heavy atom. The number of aromatic nitrogens is 3. The van der Waals surface area contributed by atoms with Gasteiger partial charge in [-0.2, -0.15) is 0 Å². The normalized spacial score (nSPS) is 20.5. The molecule has 5 rings (SSSR count). The van der Waals surface area contributed by atoms with E-state index in [2.05, 4.69) is 58.9 Å². The molecule has 0 saturated carbocycles. The summed E-state index contributed by atoms with van der Waals surface area (Å²) >= 11 is 0. The van der Waals surface area contributed by atoms with Crippen LogP contribution in [0.2, 0.25) is 0 Å². The summed E-state index contributed by atoms with van der Waals surface area (Å²) in [5.41, 5.74) is 5.27. The first-order valence-corrected chi connectivity index (χ1v) is 12.6. The van der Waals surface area contributed by atoms with Crippen LogP contribution in [0.5, 0.6) is 0 Å². The maximum Gasteiger partial charge on any atom is 0.229 e. The van der Waals surface area contributed by atoms with Crippen molar-refractivity contribution >= 4 is 23.2 Å². The number of hydrogen-bond acceptors (Lipinski definition) is 6. The van der Waals surface area contributed by atoms with Gasteiger partial charge in [0.2, 0.25) is 5.95 Å². The molecule has 1 N–H and O–H groups in total. The van der Waals surface area contributed by atoms with Crippen molar-refractivity contribution in [3.8, 4) is 11.3 Å². The highest BCUT2D eigenvalue weighted by Gasteiger charge is 2.35. The Labute approximate surface area is 206 Å². The molecule has 6 nitrogen and oxygen atoms in total. The summed E-state index contributed by atoms with van der Waals surface area (Å²) in [5.74, 6) is 1.07. The van der Waals surface area contributed by atoms with E-state index in [1.54, 1.807) is 0 Å². The Morgan fingerprint density at radius 2 is 1.89 bits per heavy atom. The van der Waals surface area contributed by atoms with Crippen LogP contribution < -0.4 is 5.32 Å². The second kappa shape index (κ2) is 9.46. The molecule has 182 valence electrons. The molecular weight excluding hydrogens is 439 g/mol. The van der Waals surface area contributed by atoms with Crippen LogP contribution in [-0.2, 0) is 5.41 Å². The number of piperidine rings is 1. The van der Waals surface area contributed by atoms with Crippen molar-refractivity contribution in [1.29, 1.82) is 0 Å². The minimum Gasteiger partial charge on any atom is -0.309 e. The number of hydrogen-bond donors (Lipinski definition) is 1. The zero-order valence-corrected chi connectivity index (χ0v) is 21.0. The van der Waals surface area contributed by atoms with Crippen LogP contribution >= 0.6 is 0 Å². The molecule has 0 spiro atoms. The molecule has 1 saturated heterocycles. The maximum absolute atomic E-state index is 14.8. The van der Waals surface area contributed by atoms with Crippen LogP contribution in [0.15, 0.2) is 47.7 Å². The van der Waals surface area contributed by atoms with E-state index < -0.39 is 5.82 Å². The number of pyridine rings is 1. The van der Waals surface area contributed by atoms with Gasteiger partial charge in [0, 0.05) is 22.9 Å². The highest BCUT2D eigenvalue weighted by molar-refractivity contribution is 6.00. The fraction of sp³-hybridized carbons (Fsp3) is 0.429. The first-order valence-electron chi connectivity index (χ1n) is 12.6. The molecule has 0 amide bonds. The van der Waals surface area contributed by atoms with Crippen molar-refractivity contribution < 1.29 is 4.39 Å². The Balaban J connectivity index is 1.35. The van der Waals surface area contributed by atoms with Crippen molar-refractivity contribution in [2.24, 2.45) is 4.99 Å². The quantitative estimate of drug-likeness (QED) is 0.450. The number of fused-ring (bicyclic) bond motifs is 1. The van der Waals surface area contributed by atoms with Gasteiger partial charge in [-0.05, 0) is 81.1 Å². The van der Waals surface area contributed by atoms with Crippen LogP contribution in [0.4, 0.5) is 21.8 Å². The van der Waals surface area contributed by atoms with Crippen molar-refractivity contribution in [3.63, 3.8) is 0 Å². The second-order valence-corrected chi connectivity index (χ2v) is 9.82. The van der Waals surface area contributed by atoms with E-state index in [0.717, 1.165) is 61.4 Å². The lowest BCUT2D eigenvalue weighted by molar-refractivity contribution is 0.222. The van der Waals surface area contributed by atoms with Crippen molar-refractivity contribution in [3.05, 3.63) is 59.7 Å². The number of benzene rings is 1. The molecular formula is C28H33FN6. The molecule has 1 aromatic carbocycles. The number of rotatable bonds is 6. The van der Waals surface area contributed by atoms with Gasteiger partial charge in [0.05, 0.1) is 11.9 Å². The Morgan fingerprint density at radius 3 is 2.57 bits per heavy atom. The van der Waals surface area contributed by atoms with Gasteiger partial charge in [0.25, 0.3) is 0 Å². The molecule has 1 atom stereocenters. The summed E-state index contributed by atoms with van der Waals surface area (Å²) in [5, 5.41) is 3.14. The molecule has 35 heavy (non-hydrogen) atoms. The van der Waals surface area contributed by atoms with Crippen molar-refractivity contribution in [2.45, 2.75) is 58.3 Å². The van der Waals surface area contributed by atoms with Crippen LogP contribution in [0, 0.1) is 5.82 Å². The van der Waals surface area contributed by atoms with Gasteiger partial charge in [0.15, 0.2) is 5.82 Å². The van der Waals surface area contributed by atoms with Crippen LogP contribution in [0.25, 0.3) is 11.3 Å². The zero-order valence-electron chi connectivity index (χ0n) is 21.0. The Hall–Kier alpha value is -3.19. The summed E-state index contributed by atoms with van der Waals surface area (Å²) in [4.78, 5) is 20.5. The van der Waals surface area contributed by atoms with Crippen molar-refractivity contribution in [1.82, 2.24) is 19.9 Å². The molecule has 3 aromatic rings. The van der Waals surface area contributed by atoms with Gasteiger partial charge >= 0.3 is 0 Å². The topological polar surface area (TPSA) is 66.3 Å². The SMILES string of the molecule is CCN1CCC(c2ccc(Nc3ncc(F)c(-c4ccc5c(c4)C(C)(CC)C(C)=N5)n3)nc2)CC1. The first kappa shape index (κ1) is 23.5. The molecule has 0 radical (unpaired) electrons. The lowest BCUT2D eigenvalue weighted by Crippen LogP contribution is -2.32. The summed E-state index contributed by atoms with van der Waals surface area (Å²) in [6, 6.07) is 9.93. The van der Waals surface area contributed by atoms with Gasteiger partial charge < -0.3 is 10.2 Å². The predicted molar refractivity (Wildman–Crippen MR) is 139 cm³/mol. The summed E-state index contributed by atoms with van der Waals surface area (Å²) in [7, 11) is 0. The highest BCUT2D eigenvalue weighted by Crippen LogP contribution is 2.44. The third-order valence-electron chi connectivity index (χ3n) is 7.93. The molecule has 1 unspecified atom stereocenters. The van der Waals surface area contributed by atoms with E-state index in [-0.39, 0.29) is 11.1 Å². The standard InChI is InChI=1S/C28H33FN6/c1-5-28(4)18(3)32-24-9-7-20(15-22(24)28)26-23(29)17-31-27(34-26)33-25-10-8-21(16-30-25)19-11-13-35(6-2)14-12-19/h7-10,15-17,19H,5-6,11-14H2,1-4H3,(H,30,31,33,34). The molecule has 2 aliphatic rings. The number of likely N-dealkylation sites (tertiary alicyclic amines) is 1. The van der Waals surface area contributed by atoms with Crippen LogP contribution in [-0.4, -0.2) is 45.2 Å². The molecule has 0 aliphatic carbocycles. The van der Waals surface area contributed by atoms with Gasteiger partial charge in [-0.3, -0.25) is 4.99 Å². The second-order valence-electron chi connectivity index (χ2n) is 9.82. The highest BCUT2D eigenvalue weighted by atomic mass is 19.1. The zero-order chi connectivity index (χ0) is 24.6. The van der Waals surface area contributed by atoms with E-state index in [1.165, 1.54) is 11.8 Å². The van der Waals surface area contributed by atoms with Gasteiger partial charge in [-0.15, -0.1) is 0 Å². The Bertz CT molecular complexity index is 1250. The minimum absolute atomic E-state index is 0.144. The fourth-order valence-corrected chi connectivity index (χ4v) is 5.22. The smallest absolute Gasteiger partial charge is 0.229 e. The minimum atomic E-state index is -0.453. The number of nitrogens with zero attached hydrogens (tertiary/aromatic N) is 5. The largest absolute Gasteiger partial charge is 0.309 e. The number of nitrogens with one attached hydrogen (secondary N) is 1. The van der Waals surface area contributed by atoms with E-state index in [9.17, 15) is 4.39 Å². The molecule has 1 fully saturated rings. The lowest BCUT2D eigenvalue weighted by atomic mass is 9.77. The third-order valence-corrected chi connectivity index (χ3v) is 7.93. The van der Waals surface area contributed by atoms with Crippen molar-refractivity contribution in [2.75, 3.05) is 25.0 Å². The third kappa shape index (κ3) is 4.45. The maximum atomic E-state index is 14.8. The van der Waals surface area contributed by atoms with E-state index in [4.69, 9.17) is 4.99 Å². The molecule has 2 aliphatic heterocycles.